The summed E-state index contributed by atoms with van der Waals surface area (Å²) >= 11 is 1.36. The molecular formula is C26H30N4O2S. The second-order valence-electron chi connectivity index (χ2n) is 8.26. The molecule has 1 atom stereocenters. The van der Waals surface area contributed by atoms with Crippen molar-refractivity contribution in [2.24, 2.45) is 0 Å². The van der Waals surface area contributed by atoms with Crippen molar-refractivity contribution in [1.82, 2.24) is 15.5 Å². The molecule has 2 heterocycles. The fourth-order valence-corrected chi connectivity index (χ4v) is 4.63. The molecule has 2 N–H and O–H groups in total. The number of hydrogen-bond donors (Lipinski definition) is 2. The molecule has 33 heavy (non-hydrogen) atoms. The summed E-state index contributed by atoms with van der Waals surface area (Å²) in [4.78, 5) is 30.2. The van der Waals surface area contributed by atoms with Crippen LogP contribution in [0.5, 0.6) is 0 Å². The van der Waals surface area contributed by atoms with Crippen LogP contribution in [0.3, 0.4) is 0 Å². The SMILES string of the molecule is CC(NC(=O)c1cccs1)C(=O)NCc1ccccc1CN1CCN(c2ccccc2)CC1. The molecule has 0 spiro atoms. The first-order valence-electron chi connectivity index (χ1n) is 11.3. The molecule has 2 aromatic carbocycles. The molecule has 1 unspecified atom stereocenters. The highest BCUT2D eigenvalue weighted by molar-refractivity contribution is 7.12. The lowest BCUT2D eigenvalue weighted by molar-refractivity contribution is -0.122. The number of para-hydroxylation sites is 1. The summed E-state index contributed by atoms with van der Waals surface area (Å²) in [6.45, 7) is 7.02. The maximum Gasteiger partial charge on any atom is 0.261 e. The van der Waals surface area contributed by atoms with E-state index in [0.717, 1.165) is 38.3 Å². The Balaban J connectivity index is 1.28. The molecule has 1 fully saturated rings. The van der Waals surface area contributed by atoms with Gasteiger partial charge in [0.05, 0.1) is 4.88 Å². The van der Waals surface area contributed by atoms with E-state index in [0.29, 0.717) is 11.4 Å². The third-order valence-corrected chi connectivity index (χ3v) is 6.81. The Morgan fingerprint density at radius 1 is 0.909 bits per heavy atom. The van der Waals surface area contributed by atoms with Crippen LogP contribution in [-0.4, -0.2) is 48.9 Å². The number of nitrogens with one attached hydrogen (secondary N) is 2. The molecule has 6 nitrogen and oxygen atoms in total. The molecule has 1 aliphatic heterocycles. The molecule has 4 rings (SSSR count). The summed E-state index contributed by atoms with van der Waals surface area (Å²) in [6.07, 6.45) is 0. The highest BCUT2D eigenvalue weighted by Crippen LogP contribution is 2.18. The zero-order valence-electron chi connectivity index (χ0n) is 18.9. The van der Waals surface area contributed by atoms with Crippen LogP contribution in [-0.2, 0) is 17.9 Å². The van der Waals surface area contributed by atoms with Crippen molar-refractivity contribution in [3.63, 3.8) is 0 Å². The number of benzene rings is 2. The van der Waals surface area contributed by atoms with E-state index >= 15 is 0 Å². The van der Waals surface area contributed by atoms with E-state index < -0.39 is 6.04 Å². The van der Waals surface area contributed by atoms with Gasteiger partial charge in [-0.15, -0.1) is 11.3 Å². The van der Waals surface area contributed by atoms with Crippen LogP contribution in [0.1, 0.15) is 27.7 Å². The molecule has 1 saturated heterocycles. The fourth-order valence-electron chi connectivity index (χ4n) is 4.00. The maximum absolute atomic E-state index is 12.6. The van der Waals surface area contributed by atoms with Gasteiger partial charge in [0, 0.05) is 45.0 Å². The summed E-state index contributed by atoms with van der Waals surface area (Å²) in [5.74, 6) is -0.408. The lowest BCUT2D eigenvalue weighted by Crippen LogP contribution is -2.46. The number of rotatable bonds is 8. The molecule has 3 aromatic rings. The average Bonchev–Trinajstić information content (AvgIpc) is 3.40. The second kappa shape index (κ2) is 11.1. The first-order valence-corrected chi connectivity index (χ1v) is 12.2. The highest BCUT2D eigenvalue weighted by atomic mass is 32.1. The van der Waals surface area contributed by atoms with Gasteiger partial charge in [-0.3, -0.25) is 14.5 Å². The Kier molecular flexibility index (Phi) is 7.75. The van der Waals surface area contributed by atoms with Gasteiger partial charge in [0.25, 0.3) is 5.91 Å². The Morgan fingerprint density at radius 3 is 2.30 bits per heavy atom. The summed E-state index contributed by atoms with van der Waals surface area (Å²) in [5, 5.41) is 7.59. The number of carbonyl (C=O) groups excluding carboxylic acids is 2. The van der Waals surface area contributed by atoms with Crippen LogP contribution >= 0.6 is 11.3 Å². The Morgan fingerprint density at radius 2 is 1.61 bits per heavy atom. The van der Waals surface area contributed by atoms with E-state index in [1.165, 1.54) is 22.6 Å². The largest absolute Gasteiger partial charge is 0.369 e. The minimum atomic E-state index is -0.599. The Hall–Kier alpha value is -3.16. The second-order valence-corrected chi connectivity index (χ2v) is 9.21. The maximum atomic E-state index is 12.6. The van der Waals surface area contributed by atoms with Gasteiger partial charge < -0.3 is 15.5 Å². The van der Waals surface area contributed by atoms with Gasteiger partial charge in [-0.05, 0) is 41.6 Å². The number of nitrogens with zero attached hydrogens (tertiary/aromatic N) is 2. The number of amides is 2. The van der Waals surface area contributed by atoms with Gasteiger partial charge in [0.1, 0.15) is 6.04 Å². The van der Waals surface area contributed by atoms with E-state index in [4.69, 9.17) is 0 Å². The van der Waals surface area contributed by atoms with Gasteiger partial charge in [-0.25, -0.2) is 0 Å². The number of hydrogen-bond acceptors (Lipinski definition) is 5. The molecule has 1 aliphatic rings. The average molecular weight is 463 g/mol. The van der Waals surface area contributed by atoms with Crippen LogP contribution in [0.2, 0.25) is 0 Å². The van der Waals surface area contributed by atoms with Crippen LogP contribution in [0, 0.1) is 0 Å². The minimum absolute atomic E-state index is 0.189. The third kappa shape index (κ3) is 6.21. The monoisotopic (exact) mass is 462 g/mol. The van der Waals surface area contributed by atoms with E-state index in [9.17, 15) is 9.59 Å². The lowest BCUT2D eigenvalue weighted by atomic mass is 10.1. The van der Waals surface area contributed by atoms with Crippen LogP contribution in [0.25, 0.3) is 0 Å². The number of thiophene rings is 1. The van der Waals surface area contributed by atoms with Gasteiger partial charge in [0.2, 0.25) is 5.91 Å². The first-order chi connectivity index (χ1) is 16.1. The molecule has 1 aromatic heterocycles. The third-order valence-electron chi connectivity index (χ3n) is 5.94. The summed E-state index contributed by atoms with van der Waals surface area (Å²) in [5.41, 5.74) is 3.61. The standard InChI is InChI=1S/C26H30N4O2S/c1-20(28-26(32)24-12-7-17-33-24)25(31)27-18-21-8-5-6-9-22(21)19-29-13-15-30(16-14-29)23-10-3-2-4-11-23/h2-12,17,20H,13-16,18-19H2,1H3,(H,27,31)(H,28,32). The molecule has 7 heteroatoms. The van der Waals surface area contributed by atoms with Crippen molar-refractivity contribution < 1.29 is 9.59 Å². The Labute approximate surface area is 199 Å². The minimum Gasteiger partial charge on any atom is -0.369 e. The van der Waals surface area contributed by atoms with Gasteiger partial charge in [-0.2, -0.15) is 0 Å². The zero-order chi connectivity index (χ0) is 23.0. The summed E-state index contributed by atoms with van der Waals surface area (Å²) < 4.78 is 0. The van der Waals surface area contributed by atoms with Crippen molar-refractivity contribution in [2.45, 2.75) is 26.1 Å². The molecule has 0 radical (unpaired) electrons. The molecule has 172 valence electrons. The summed E-state index contributed by atoms with van der Waals surface area (Å²) in [7, 11) is 0. The van der Waals surface area contributed by atoms with Gasteiger partial charge in [-0.1, -0.05) is 48.5 Å². The Bertz CT molecular complexity index is 1050. The number of carbonyl (C=O) groups is 2. The molecule has 2 amide bonds. The number of piperazine rings is 1. The van der Waals surface area contributed by atoms with Crippen molar-refractivity contribution in [2.75, 3.05) is 31.1 Å². The molecule has 0 aliphatic carbocycles. The van der Waals surface area contributed by atoms with Crippen molar-refractivity contribution in [1.29, 1.82) is 0 Å². The quantitative estimate of drug-likeness (QED) is 0.538. The van der Waals surface area contributed by atoms with E-state index in [-0.39, 0.29) is 11.8 Å². The predicted molar refractivity (Wildman–Crippen MR) is 133 cm³/mol. The van der Waals surface area contributed by atoms with Crippen molar-refractivity contribution >= 4 is 28.8 Å². The molecular weight excluding hydrogens is 432 g/mol. The fraction of sp³-hybridized carbons (Fsp3) is 0.308. The number of anilines is 1. The van der Waals surface area contributed by atoms with E-state index in [1.807, 2.05) is 29.6 Å². The van der Waals surface area contributed by atoms with Crippen LogP contribution in [0.4, 0.5) is 5.69 Å². The topological polar surface area (TPSA) is 64.7 Å². The zero-order valence-corrected chi connectivity index (χ0v) is 19.7. The van der Waals surface area contributed by atoms with Gasteiger partial charge in [0.15, 0.2) is 0 Å². The van der Waals surface area contributed by atoms with E-state index in [1.54, 1.807) is 13.0 Å². The molecule has 0 bridgehead atoms. The predicted octanol–water partition coefficient (Wildman–Crippen LogP) is 3.51. The normalized spacial score (nSPS) is 15.1. The smallest absolute Gasteiger partial charge is 0.261 e. The highest BCUT2D eigenvalue weighted by Gasteiger charge is 2.19. The summed E-state index contributed by atoms with van der Waals surface area (Å²) in [6, 6.07) is 21.8. The van der Waals surface area contributed by atoms with Crippen LogP contribution in [0.15, 0.2) is 72.1 Å². The van der Waals surface area contributed by atoms with Gasteiger partial charge >= 0.3 is 0 Å². The van der Waals surface area contributed by atoms with Crippen LogP contribution < -0.4 is 15.5 Å². The lowest BCUT2D eigenvalue weighted by Gasteiger charge is -2.36. The first kappa shape index (κ1) is 23.0. The molecule has 0 saturated carbocycles. The van der Waals surface area contributed by atoms with E-state index in [2.05, 4.69) is 56.8 Å². The van der Waals surface area contributed by atoms with Crippen molar-refractivity contribution in [3.05, 3.63) is 88.1 Å². The van der Waals surface area contributed by atoms with Crippen molar-refractivity contribution in [3.8, 4) is 0 Å².